The number of ether oxygens (including phenoxy) is 2. The standard InChI is InChI=1S/C25H15N3O5/c26-13-19-23(16-7-3-1-4-8-16)24(17-9-5-2-6-10-17)33-25(19)27-14-18-11-21-22(32-15-31-21)12-20(18)28(29)30/h1-12,14H,15H2/b27-14+. The van der Waals surface area contributed by atoms with Gasteiger partial charge in [0.1, 0.15) is 17.4 Å². The van der Waals surface area contributed by atoms with Crippen LogP contribution in [0.2, 0.25) is 0 Å². The highest BCUT2D eigenvalue weighted by Gasteiger charge is 2.25. The lowest BCUT2D eigenvalue weighted by Crippen LogP contribution is -1.94. The molecule has 0 amide bonds. The van der Waals surface area contributed by atoms with Crippen molar-refractivity contribution < 1.29 is 18.8 Å². The van der Waals surface area contributed by atoms with E-state index in [2.05, 4.69) is 11.1 Å². The van der Waals surface area contributed by atoms with Crippen LogP contribution < -0.4 is 9.47 Å². The van der Waals surface area contributed by atoms with Crippen LogP contribution >= 0.6 is 0 Å². The molecule has 0 saturated carbocycles. The van der Waals surface area contributed by atoms with Crippen molar-refractivity contribution in [2.24, 2.45) is 4.99 Å². The van der Waals surface area contributed by atoms with Gasteiger partial charge >= 0.3 is 0 Å². The fourth-order valence-electron chi connectivity index (χ4n) is 3.62. The molecule has 1 aliphatic rings. The van der Waals surface area contributed by atoms with Crippen LogP contribution in [-0.2, 0) is 0 Å². The predicted octanol–water partition coefficient (Wildman–Crippen LogP) is 5.87. The summed E-state index contributed by atoms with van der Waals surface area (Å²) in [6, 6.07) is 23.7. The highest BCUT2D eigenvalue weighted by molar-refractivity contribution is 5.92. The van der Waals surface area contributed by atoms with Gasteiger partial charge in [0.25, 0.3) is 5.69 Å². The maximum atomic E-state index is 11.6. The summed E-state index contributed by atoms with van der Waals surface area (Å²) in [4.78, 5) is 15.4. The van der Waals surface area contributed by atoms with E-state index in [1.807, 2.05) is 60.7 Å². The Morgan fingerprint density at radius 3 is 2.24 bits per heavy atom. The van der Waals surface area contributed by atoms with Crippen LogP contribution in [0.4, 0.5) is 11.6 Å². The van der Waals surface area contributed by atoms with E-state index in [4.69, 9.17) is 13.9 Å². The summed E-state index contributed by atoms with van der Waals surface area (Å²) in [6.07, 6.45) is 1.29. The number of furan rings is 1. The van der Waals surface area contributed by atoms with Gasteiger partial charge in [-0.15, -0.1) is 0 Å². The number of nitriles is 1. The number of nitro groups is 1. The second-order valence-electron chi connectivity index (χ2n) is 7.11. The van der Waals surface area contributed by atoms with Gasteiger partial charge in [-0.1, -0.05) is 60.7 Å². The third-order valence-corrected chi connectivity index (χ3v) is 5.14. The Kier molecular flexibility index (Phi) is 5.05. The molecular formula is C25H15N3O5. The number of hydrogen-bond acceptors (Lipinski definition) is 7. The molecule has 0 aliphatic carbocycles. The van der Waals surface area contributed by atoms with Crippen LogP contribution in [0.15, 0.2) is 82.2 Å². The zero-order chi connectivity index (χ0) is 22.8. The number of rotatable bonds is 5. The Balaban J connectivity index is 1.66. The second kappa shape index (κ2) is 8.32. The van der Waals surface area contributed by atoms with Gasteiger partial charge in [0, 0.05) is 17.3 Å². The number of nitrogens with zero attached hydrogens (tertiary/aromatic N) is 3. The molecule has 0 radical (unpaired) electrons. The number of benzene rings is 3. The van der Waals surface area contributed by atoms with E-state index in [0.29, 0.717) is 22.8 Å². The number of aliphatic imine (C=N–C) groups is 1. The molecule has 8 heteroatoms. The Bertz CT molecular complexity index is 1420. The van der Waals surface area contributed by atoms with Crippen LogP contribution in [0.1, 0.15) is 11.1 Å². The van der Waals surface area contributed by atoms with Gasteiger partial charge in [-0.3, -0.25) is 10.1 Å². The van der Waals surface area contributed by atoms with Gasteiger partial charge in [0.05, 0.1) is 16.6 Å². The molecule has 2 heterocycles. The average Bonchev–Trinajstić information content (AvgIpc) is 3.47. The normalized spacial score (nSPS) is 12.1. The average molecular weight is 437 g/mol. The van der Waals surface area contributed by atoms with Crippen molar-refractivity contribution >= 4 is 17.8 Å². The van der Waals surface area contributed by atoms with Gasteiger partial charge in [0.2, 0.25) is 12.7 Å². The monoisotopic (exact) mass is 437 g/mol. The highest BCUT2D eigenvalue weighted by Crippen LogP contribution is 2.43. The third-order valence-electron chi connectivity index (χ3n) is 5.14. The van der Waals surface area contributed by atoms with Gasteiger partial charge in [-0.05, 0) is 11.6 Å². The Labute approximate surface area is 188 Å². The Morgan fingerprint density at radius 1 is 0.970 bits per heavy atom. The summed E-state index contributed by atoms with van der Waals surface area (Å²) in [5.74, 6) is 1.23. The van der Waals surface area contributed by atoms with Gasteiger partial charge in [-0.25, -0.2) is 4.99 Å². The zero-order valence-electron chi connectivity index (χ0n) is 17.1. The first-order valence-corrected chi connectivity index (χ1v) is 9.95. The van der Waals surface area contributed by atoms with E-state index in [9.17, 15) is 15.4 Å². The zero-order valence-corrected chi connectivity index (χ0v) is 17.1. The summed E-state index contributed by atoms with van der Waals surface area (Å²) in [6.45, 7) is -0.00921. The fourth-order valence-corrected chi connectivity index (χ4v) is 3.62. The number of fused-ring (bicyclic) bond motifs is 1. The molecule has 8 nitrogen and oxygen atoms in total. The molecule has 1 aromatic heterocycles. The van der Waals surface area contributed by atoms with Crippen molar-refractivity contribution in [3.05, 3.63) is 94.0 Å². The molecule has 5 rings (SSSR count). The predicted molar refractivity (Wildman–Crippen MR) is 121 cm³/mol. The first kappa shape index (κ1) is 20.0. The molecule has 0 bridgehead atoms. The maximum absolute atomic E-state index is 11.6. The first-order chi connectivity index (χ1) is 16.2. The summed E-state index contributed by atoms with van der Waals surface area (Å²) in [5.41, 5.74) is 2.43. The quantitative estimate of drug-likeness (QED) is 0.219. The minimum atomic E-state index is -0.526. The summed E-state index contributed by atoms with van der Waals surface area (Å²) in [7, 11) is 0. The number of hydrogen-bond donors (Lipinski definition) is 0. The fraction of sp³-hybridized carbons (Fsp3) is 0.0400. The molecule has 33 heavy (non-hydrogen) atoms. The van der Waals surface area contributed by atoms with Crippen molar-refractivity contribution in [1.82, 2.24) is 0 Å². The minimum absolute atomic E-state index is 0.00921. The largest absolute Gasteiger partial charge is 0.454 e. The van der Waals surface area contributed by atoms with Crippen LogP contribution in [0.3, 0.4) is 0 Å². The molecule has 0 saturated heterocycles. The smallest absolute Gasteiger partial charge is 0.282 e. The van der Waals surface area contributed by atoms with E-state index >= 15 is 0 Å². The first-order valence-electron chi connectivity index (χ1n) is 9.95. The van der Waals surface area contributed by atoms with E-state index in [1.54, 1.807) is 0 Å². The van der Waals surface area contributed by atoms with E-state index in [0.717, 1.165) is 11.1 Å². The molecule has 0 atom stereocenters. The van der Waals surface area contributed by atoms with E-state index in [1.165, 1.54) is 18.3 Å². The van der Waals surface area contributed by atoms with E-state index in [-0.39, 0.29) is 29.5 Å². The molecular weight excluding hydrogens is 422 g/mol. The topological polar surface area (TPSA) is 111 Å². The molecule has 3 aromatic carbocycles. The van der Waals surface area contributed by atoms with Gasteiger partial charge < -0.3 is 13.9 Å². The van der Waals surface area contributed by atoms with Crippen molar-refractivity contribution in [1.29, 1.82) is 5.26 Å². The van der Waals surface area contributed by atoms with Crippen LogP contribution in [0.5, 0.6) is 11.5 Å². The lowest BCUT2D eigenvalue weighted by Gasteiger charge is -2.03. The van der Waals surface area contributed by atoms with Crippen LogP contribution in [0.25, 0.3) is 22.5 Å². The molecule has 4 aromatic rings. The molecule has 0 N–H and O–H groups in total. The molecule has 0 fully saturated rings. The Hall–Kier alpha value is -4.90. The lowest BCUT2D eigenvalue weighted by molar-refractivity contribution is -0.385. The van der Waals surface area contributed by atoms with Gasteiger partial charge in [0.15, 0.2) is 11.5 Å². The van der Waals surface area contributed by atoms with Crippen molar-refractivity contribution in [3.8, 4) is 40.0 Å². The van der Waals surface area contributed by atoms with Crippen molar-refractivity contribution in [2.45, 2.75) is 0 Å². The third kappa shape index (κ3) is 3.68. The summed E-state index contributed by atoms with van der Waals surface area (Å²) in [5, 5.41) is 21.5. The maximum Gasteiger partial charge on any atom is 0.282 e. The number of nitro benzene ring substituents is 1. The van der Waals surface area contributed by atoms with Crippen LogP contribution in [0, 0.1) is 21.4 Å². The molecule has 0 unspecified atom stereocenters. The minimum Gasteiger partial charge on any atom is -0.454 e. The SMILES string of the molecule is N#Cc1c(/N=C/c2cc3c(cc2[N+](=O)[O-])OCO3)oc(-c2ccccc2)c1-c1ccccc1. The summed E-state index contributed by atoms with van der Waals surface area (Å²) >= 11 is 0. The summed E-state index contributed by atoms with van der Waals surface area (Å²) < 4.78 is 16.6. The molecule has 0 spiro atoms. The van der Waals surface area contributed by atoms with E-state index < -0.39 is 4.92 Å². The molecule has 160 valence electrons. The van der Waals surface area contributed by atoms with Crippen molar-refractivity contribution in [2.75, 3.05) is 6.79 Å². The second-order valence-corrected chi connectivity index (χ2v) is 7.11. The highest BCUT2D eigenvalue weighted by atomic mass is 16.7. The Morgan fingerprint density at radius 2 is 1.61 bits per heavy atom. The molecule has 1 aliphatic heterocycles. The van der Waals surface area contributed by atoms with Crippen molar-refractivity contribution in [3.63, 3.8) is 0 Å². The lowest BCUT2D eigenvalue weighted by atomic mass is 9.98. The van der Waals surface area contributed by atoms with Gasteiger partial charge in [-0.2, -0.15) is 5.26 Å². The van der Waals surface area contributed by atoms with Crippen LogP contribution in [-0.4, -0.2) is 17.9 Å².